The fraction of sp³-hybridized carbons (Fsp3) is 0.217. The van der Waals surface area contributed by atoms with Crippen molar-refractivity contribution in [3.63, 3.8) is 0 Å². The Morgan fingerprint density at radius 1 is 1.07 bits per heavy atom. The summed E-state index contributed by atoms with van der Waals surface area (Å²) in [7, 11) is 0. The van der Waals surface area contributed by atoms with Crippen LogP contribution in [-0.4, -0.2) is 35.9 Å². The van der Waals surface area contributed by atoms with Gasteiger partial charge < -0.3 is 15.0 Å². The average molecular weight is 403 g/mol. The van der Waals surface area contributed by atoms with Gasteiger partial charge in [0.2, 0.25) is 5.91 Å². The summed E-state index contributed by atoms with van der Waals surface area (Å²) in [6, 6.07) is 16.2. The molecule has 2 amide bonds. The Morgan fingerprint density at radius 2 is 1.87 bits per heavy atom. The van der Waals surface area contributed by atoms with Crippen LogP contribution in [0, 0.1) is 0 Å². The molecular weight excluding hydrogens is 382 g/mol. The van der Waals surface area contributed by atoms with Crippen molar-refractivity contribution in [2.75, 3.05) is 18.0 Å². The fourth-order valence-corrected chi connectivity index (χ4v) is 3.46. The van der Waals surface area contributed by atoms with Crippen molar-refractivity contribution in [1.82, 2.24) is 10.3 Å². The molecule has 4 rings (SSSR count). The number of rotatable bonds is 6. The zero-order valence-corrected chi connectivity index (χ0v) is 16.3. The number of ether oxygens (including phenoxy) is 1. The van der Waals surface area contributed by atoms with Crippen LogP contribution in [0.2, 0.25) is 0 Å². The Balaban J connectivity index is 1.29. The highest BCUT2D eigenvalue weighted by Gasteiger charge is 2.21. The lowest BCUT2D eigenvalue weighted by Crippen LogP contribution is -2.30. The summed E-state index contributed by atoms with van der Waals surface area (Å²) in [5.74, 6) is -0.815. The van der Waals surface area contributed by atoms with Gasteiger partial charge in [-0.1, -0.05) is 24.3 Å². The molecule has 0 spiro atoms. The molecule has 3 aromatic rings. The number of hydrogen-bond acceptors (Lipinski definition) is 5. The van der Waals surface area contributed by atoms with Gasteiger partial charge in [-0.05, 0) is 36.8 Å². The molecule has 1 aromatic heterocycles. The smallest absolute Gasteiger partial charge is 0.325 e. The molecular formula is C23H21N3O4. The number of pyridine rings is 1. The second-order valence-corrected chi connectivity index (χ2v) is 7.03. The number of carbonyl (C=O) groups is 3. The first-order chi connectivity index (χ1) is 14.6. The zero-order valence-electron chi connectivity index (χ0n) is 16.3. The first kappa shape index (κ1) is 19.6. The van der Waals surface area contributed by atoms with Crippen LogP contribution in [-0.2, 0) is 20.9 Å². The molecule has 0 saturated carbocycles. The van der Waals surface area contributed by atoms with Crippen LogP contribution in [0.4, 0.5) is 5.69 Å². The van der Waals surface area contributed by atoms with Crippen LogP contribution in [0.15, 0.2) is 60.8 Å². The van der Waals surface area contributed by atoms with E-state index >= 15 is 0 Å². The minimum atomic E-state index is -0.532. The number of carbonyl (C=O) groups excluding carboxylic acids is 3. The van der Waals surface area contributed by atoms with E-state index in [1.54, 1.807) is 35.4 Å². The number of hydrogen-bond donors (Lipinski definition) is 1. The molecule has 7 nitrogen and oxygen atoms in total. The van der Waals surface area contributed by atoms with Crippen LogP contribution in [0.1, 0.15) is 28.8 Å². The van der Waals surface area contributed by atoms with Crippen molar-refractivity contribution >= 4 is 34.4 Å². The topological polar surface area (TPSA) is 88.6 Å². The molecule has 0 aliphatic carbocycles. The summed E-state index contributed by atoms with van der Waals surface area (Å²) in [4.78, 5) is 42.2. The van der Waals surface area contributed by atoms with E-state index in [0.717, 1.165) is 28.6 Å². The van der Waals surface area contributed by atoms with Crippen LogP contribution in [0.3, 0.4) is 0 Å². The third kappa shape index (κ3) is 4.30. The summed E-state index contributed by atoms with van der Waals surface area (Å²) in [5, 5.41) is 3.53. The Hall–Kier alpha value is -3.74. The van der Waals surface area contributed by atoms with Gasteiger partial charge in [0.1, 0.15) is 13.2 Å². The molecule has 2 heterocycles. The number of para-hydroxylation sites is 1. The van der Waals surface area contributed by atoms with Crippen molar-refractivity contribution in [1.29, 1.82) is 0 Å². The average Bonchev–Trinajstić information content (AvgIpc) is 3.22. The Kier molecular flexibility index (Phi) is 5.70. The molecule has 2 aromatic carbocycles. The highest BCUT2D eigenvalue weighted by Crippen LogP contribution is 2.21. The van der Waals surface area contributed by atoms with Crippen molar-refractivity contribution in [3.8, 4) is 0 Å². The third-order valence-corrected chi connectivity index (χ3v) is 5.01. The van der Waals surface area contributed by atoms with Crippen molar-refractivity contribution < 1.29 is 19.1 Å². The molecule has 1 aliphatic rings. The van der Waals surface area contributed by atoms with E-state index in [2.05, 4.69) is 10.3 Å². The molecule has 0 unspecified atom stereocenters. The second-order valence-electron chi connectivity index (χ2n) is 7.03. The lowest BCUT2D eigenvalue weighted by molar-refractivity contribution is -0.143. The number of amides is 2. The maximum Gasteiger partial charge on any atom is 0.325 e. The van der Waals surface area contributed by atoms with E-state index in [1.165, 1.54) is 0 Å². The first-order valence-corrected chi connectivity index (χ1v) is 9.79. The minimum Gasteiger partial charge on any atom is -0.459 e. The Morgan fingerprint density at radius 3 is 2.63 bits per heavy atom. The second kappa shape index (κ2) is 8.73. The number of nitrogens with one attached hydrogen (secondary N) is 1. The van der Waals surface area contributed by atoms with Gasteiger partial charge in [-0.3, -0.25) is 19.4 Å². The van der Waals surface area contributed by atoms with Crippen LogP contribution < -0.4 is 10.2 Å². The summed E-state index contributed by atoms with van der Waals surface area (Å²) < 4.78 is 5.28. The quantitative estimate of drug-likeness (QED) is 0.640. The molecule has 1 fully saturated rings. The van der Waals surface area contributed by atoms with Crippen molar-refractivity contribution in [3.05, 3.63) is 71.9 Å². The largest absolute Gasteiger partial charge is 0.459 e. The normalized spacial score (nSPS) is 13.5. The van der Waals surface area contributed by atoms with E-state index in [4.69, 9.17) is 4.74 Å². The monoisotopic (exact) mass is 403 g/mol. The number of fused-ring (bicyclic) bond motifs is 1. The Labute approximate surface area is 173 Å². The van der Waals surface area contributed by atoms with E-state index in [-0.39, 0.29) is 25.0 Å². The summed E-state index contributed by atoms with van der Waals surface area (Å²) in [5.41, 5.74) is 2.78. The maximum atomic E-state index is 12.3. The van der Waals surface area contributed by atoms with Crippen molar-refractivity contribution in [2.24, 2.45) is 0 Å². The van der Waals surface area contributed by atoms with Crippen LogP contribution >= 0.6 is 0 Å². The highest BCUT2D eigenvalue weighted by atomic mass is 16.5. The SMILES string of the molecule is O=C(CNC(=O)c1ccc(N2CCCC2=O)cc1)OCc1cccc2cccnc12. The van der Waals surface area contributed by atoms with E-state index in [0.29, 0.717) is 18.5 Å². The molecule has 1 saturated heterocycles. The summed E-state index contributed by atoms with van der Waals surface area (Å²) >= 11 is 0. The predicted molar refractivity (Wildman–Crippen MR) is 112 cm³/mol. The zero-order chi connectivity index (χ0) is 20.9. The van der Waals surface area contributed by atoms with Gasteiger partial charge in [0, 0.05) is 41.4 Å². The van der Waals surface area contributed by atoms with Crippen LogP contribution in [0.25, 0.3) is 10.9 Å². The standard InChI is InChI=1S/C23H21N3O4/c27-20-7-3-13-26(20)19-10-8-17(9-11-19)23(29)25-14-21(28)30-15-18-5-1-4-16-6-2-12-24-22(16)18/h1-2,4-6,8-12H,3,7,13-15H2,(H,25,29). The molecule has 1 aliphatic heterocycles. The lowest BCUT2D eigenvalue weighted by Gasteiger charge is -2.15. The number of anilines is 1. The molecule has 0 radical (unpaired) electrons. The third-order valence-electron chi connectivity index (χ3n) is 5.01. The number of aromatic nitrogens is 1. The molecule has 0 bridgehead atoms. The Bertz CT molecular complexity index is 1090. The van der Waals surface area contributed by atoms with Gasteiger partial charge >= 0.3 is 5.97 Å². The maximum absolute atomic E-state index is 12.3. The first-order valence-electron chi connectivity index (χ1n) is 9.79. The number of nitrogens with zero attached hydrogens (tertiary/aromatic N) is 2. The molecule has 1 N–H and O–H groups in total. The summed E-state index contributed by atoms with van der Waals surface area (Å²) in [6.07, 6.45) is 3.09. The van der Waals surface area contributed by atoms with Gasteiger partial charge in [0.15, 0.2) is 0 Å². The van der Waals surface area contributed by atoms with Gasteiger partial charge in [0.25, 0.3) is 5.91 Å². The predicted octanol–water partition coefficient (Wildman–Crippen LogP) is 2.83. The molecule has 152 valence electrons. The van der Waals surface area contributed by atoms with Gasteiger partial charge in [-0.15, -0.1) is 0 Å². The van der Waals surface area contributed by atoms with E-state index in [1.807, 2.05) is 30.3 Å². The van der Waals surface area contributed by atoms with E-state index < -0.39 is 5.97 Å². The van der Waals surface area contributed by atoms with Gasteiger partial charge in [-0.25, -0.2) is 0 Å². The van der Waals surface area contributed by atoms with Crippen LogP contribution in [0.5, 0.6) is 0 Å². The van der Waals surface area contributed by atoms with Gasteiger partial charge in [0.05, 0.1) is 5.52 Å². The van der Waals surface area contributed by atoms with E-state index in [9.17, 15) is 14.4 Å². The summed E-state index contributed by atoms with van der Waals surface area (Å²) in [6.45, 7) is 0.549. The fourth-order valence-electron chi connectivity index (χ4n) is 3.46. The number of benzene rings is 2. The molecule has 30 heavy (non-hydrogen) atoms. The molecule has 7 heteroatoms. The highest BCUT2D eigenvalue weighted by molar-refractivity contribution is 5.98. The lowest BCUT2D eigenvalue weighted by atomic mass is 10.1. The number of esters is 1. The molecule has 0 atom stereocenters. The van der Waals surface area contributed by atoms with Crippen molar-refractivity contribution in [2.45, 2.75) is 19.4 Å². The minimum absolute atomic E-state index is 0.0849. The van der Waals surface area contributed by atoms with Gasteiger partial charge in [-0.2, -0.15) is 0 Å².